The molecule has 3 nitrogen and oxygen atoms in total. The topological polar surface area (TPSA) is 32.3 Å². The van der Waals surface area contributed by atoms with Crippen LogP contribution in [0.25, 0.3) is 0 Å². The third-order valence-electron chi connectivity index (χ3n) is 6.56. The van der Waals surface area contributed by atoms with Crippen LogP contribution in [0.1, 0.15) is 57.8 Å². The van der Waals surface area contributed by atoms with Crippen LogP contribution in [0, 0.1) is 23.7 Å². The van der Waals surface area contributed by atoms with Crippen LogP contribution in [0.5, 0.6) is 0 Å². The van der Waals surface area contributed by atoms with E-state index in [0.717, 1.165) is 56.0 Å². The number of carbonyl (C=O) groups excluding carboxylic acids is 1. The molecule has 1 aliphatic heterocycles. The van der Waals surface area contributed by atoms with Gasteiger partial charge in [-0.3, -0.25) is 4.79 Å². The summed E-state index contributed by atoms with van der Waals surface area (Å²) < 4.78 is 0. The number of nitrogens with zero attached hydrogens (tertiary/aromatic N) is 1. The van der Waals surface area contributed by atoms with Crippen LogP contribution in [0.15, 0.2) is 0 Å². The van der Waals surface area contributed by atoms with Crippen molar-refractivity contribution >= 4 is 18.3 Å². The van der Waals surface area contributed by atoms with Crippen LogP contribution < -0.4 is 5.32 Å². The van der Waals surface area contributed by atoms with Gasteiger partial charge in [0.05, 0.1) is 0 Å². The highest BCUT2D eigenvalue weighted by Crippen LogP contribution is 2.49. The van der Waals surface area contributed by atoms with Crippen molar-refractivity contribution in [2.75, 3.05) is 19.6 Å². The first-order valence-electron chi connectivity index (χ1n) is 9.29. The molecule has 0 aromatic heterocycles. The van der Waals surface area contributed by atoms with Crippen molar-refractivity contribution in [2.24, 2.45) is 23.7 Å². The summed E-state index contributed by atoms with van der Waals surface area (Å²) in [7, 11) is 0. The second-order valence-corrected chi connectivity index (χ2v) is 8.15. The minimum absolute atomic E-state index is 0. The standard InChI is InChI=1S/C18H30N2O.ClH/c21-18(11-16-10-14-3-4-15(16)9-14)20-7-5-17(6-8-20)19-12-13-1-2-13;/h13-17,19H,1-12H2;1H. The van der Waals surface area contributed by atoms with Gasteiger partial charge in [0.15, 0.2) is 0 Å². The fraction of sp³-hybridized carbons (Fsp3) is 0.944. The molecular formula is C18H31ClN2O. The maximum absolute atomic E-state index is 12.5. The Kier molecular flexibility index (Phi) is 5.34. The molecular weight excluding hydrogens is 296 g/mol. The van der Waals surface area contributed by atoms with E-state index in [0.29, 0.717) is 11.9 Å². The Balaban J connectivity index is 0.00000144. The predicted molar refractivity (Wildman–Crippen MR) is 91.1 cm³/mol. The molecule has 3 unspecified atom stereocenters. The van der Waals surface area contributed by atoms with Crippen LogP contribution in [-0.4, -0.2) is 36.5 Å². The smallest absolute Gasteiger partial charge is 0.222 e. The molecule has 4 fully saturated rings. The van der Waals surface area contributed by atoms with Crippen LogP contribution in [0.4, 0.5) is 0 Å². The number of carbonyl (C=O) groups is 1. The first-order valence-corrected chi connectivity index (χ1v) is 9.29. The molecule has 3 saturated carbocycles. The van der Waals surface area contributed by atoms with Gasteiger partial charge in [0.25, 0.3) is 0 Å². The Bertz CT molecular complexity index is 391. The fourth-order valence-corrected chi connectivity index (χ4v) is 4.97. The van der Waals surface area contributed by atoms with E-state index >= 15 is 0 Å². The summed E-state index contributed by atoms with van der Waals surface area (Å²) in [4.78, 5) is 14.7. The second kappa shape index (κ2) is 7.09. The molecule has 0 aromatic rings. The summed E-state index contributed by atoms with van der Waals surface area (Å²) in [6, 6.07) is 0.664. The number of hydrogen-bond donors (Lipinski definition) is 1. The number of amides is 1. The molecule has 4 heteroatoms. The first-order chi connectivity index (χ1) is 10.3. The van der Waals surface area contributed by atoms with E-state index in [2.05, 4.69) is 10.2 Å². The highest BCUT2D eigenvalue weighted by atomic mass is 35.5. The van der Waals surface area contributed by atoms with Crippen molar-refractivity contribution in [1.82, 2.24) is 10.2 Å². The first kappa shape index (κ1) is 16.6. The van der Waals surface area contributed by atoms with E-state index < -0.39 is 0 Å². The molecule has 1 N–H and O–H groups in total. The lowest BCUT2D eigenvalue weighted by molar-refractivity contribution is -0.133. The highest BCUT2D eigenvalue weighted by Gasteiger charge is 2.40. The van der Waals surface area contributed by atoms with E-state index in [4.69, 9.17) is 0 Å². The lowest BCUT2D eigenvalue weighted by Gasteiger charge is -2.34. The molecule has 2 bridgehead atoms. The number of hydrogen-bond acceptors (Lipinski definition) is 2. The van der Waals surface area contributed by atoms with Crippen molar-refractivity contribution in [3.63, 3.8) is 0 Å². The number of nitrogens with one attached hydrogen (secondary N) is 1. The van der Waals surface area contributed by atoms with Gasteiger partial charge >= 0.3 is 0 Å². The van der Waals surface area contributed by atoms with E-state index in [1.165, 1.54) is 45.1 Å². The maximum Gasteiger partial charge on any atom is 0.222 e. The Labute approximate surface area is 141 Å². The van der Waals surface area contributed by atoms with Gasteiger partial charge in [-0.15, -0.1) is 12.4 Å². The van der Waals surface area contributed by atoms with E-state index in [1.54, 1.807) is 0 Å². The Morgan fingerprint density at radius 3 is 2.36 bits per heavy atom. The van der Waals surface area contributed by atoms with Crippen molar-refractivity contribution in [3.8, 4) is 0 Å². The lowest BCUT2D eigenvalue weighted by Crippen LogP contribution is -2.45. The van der Waals surface area contributed by atoms with Gasteiger partial charge in [-0.05, 0) is 75.2 Å². The summed E-state index contributed by atoms with van der Waals surface area (Å²) in [6.45, 7) is 3.19. The quantitative estimate of drug-likeness (QED) is 0.841. The van der Waals surface area contributed by atoms with Crippen molar-refractivity contribution < 1.29 is 4.79 Å². The highest BCUT2D eigenvalue weighted by molar-refractivity contribution is 5.85. The number of likely N-dealkylation sites (tertiary alicyclic amines) is 1. The van der Waals surface area contributed by atoms with E-state index in [-0.39, 0.29) is 12.4 Å². The summed E-state index contributed by atoms with van der Waals surface area (Å²) in [5, 5.41) is 3.70. The average molecular weight is 327 g/mol. The molecule has 0 aromatic carbocycles. The molecule has 1 amide bonds. The predicted octanol–water partition coefficient (Wildman–Crippen LogP) is 3.23. The minimum atomic E-state index is 0. The van der Waals surface area contributed by atoms with E-state index in [1.807, 2.05) is 0 Å². The van der Waals surface area contributed by atoms with Crippen molar-refractivity contribution in [2.45, 2.75) is 63.8 Å². The second-order valence-electron chi connectivity index (χ2n) is 8.15. The van der Waals surface area contributed by atoms with Crippen LogP contribution in [0.3, 0.4) is 0 Å². The third-order valence-corrected chi connectivity index (χ3v) is 6.56. The summed E-state index contributed by atoms with van der Waals surface area (Å²) in [5.74, 6) is 3.99. The number of halogens is 1. The lowest BCUT2D eigenvalue weighted by atomic mass is 9.86. The molecule has 3 aliphatic carbocycles. The Morgan fingerprint density at radius 2 is 1.77 bits per heavy atom. The number of rotatable bonds is 5. The molecule has 22 heavy (non-hydrogen) atoms. The molecule has 126 valence electrons. The van der Waals surface area contributed by atoms with E-state index in [9.17, 15) is 4.79 Å². The third kappa shape index (κ3) is 3.79. The summed E-state index contributed by atoms with van der Waals surface area (Å²) >= 11 is 0. The zero-order chi connectivity index (χ0) is 14.2. The van der Waals surface area contributed by atoms with Crippen molar-refractivity contribution in [3.05, 3.63) is 0 Å². The van der Waals surface area contributed by atoms with Gasteiger partial charge in [-0.1, -0.05) is 6.42 Å². The number of fused-ring (bicyclic) bond motifs is 2. The molecule has 3 atom stereocenters. The number of piperidine rings is 1. The molecule has 0 radical (unpaired) electrons. The van der Waals surface area contributed by atoms with Crippen LogP contribution in [-0.2, 0) is 4.79 Å². The van der Waals surface area contributed by atoms with Gasteiger partial charge in [0.2, 0.25) is 5.91 Å². The fourth-order valence-electron chi connectivity index (χ4n) is 4.97. The Morgan fingerprint density at radius 1 is 1.00 bits per heavy atom. The molecule has 4 rings (SSSR count). The molecule has 1 heterocycles. The SMILES string of the molecule is Cl.O=C(CC1CC2CCC1C2)N1CCC(NCC2CC2)CC1. The average Bonchev–Trinajstić information content (AvgIpc) is 3.11. The van der Waals surface area contributed by atoms with Crippen LogP contribution in [0.2, 0.25) is 0 Å². The Hall–Kier alpha value is -0.280. The van der Waals surface area contributed by atoms with Gasteiger partial charge in [0, 0.05) is 25.6 Å². The summed E-state index contributed by atoms with van der Waals surface area (Å²) in [5.41, 5.74) is 0. The molecule has 4 aliphatic rings. The molecule has 0 spiro atoms. The summed E-state index contributed by atoms with van der Waals surface area (Å²) in [6.07, 6.45) is 11.6. The normalized spacial score (nSPS) is 34.7. The van der Waals surface area contributed by atoms with Gasteiger partial charge in [-0.2, -0.15) is 0 Å². The van der Waals surface area contributed by atoms with Crippen molar-refractivity contribution in [1.29, 1.82) is 0 Å². The molecule has 1 saturated heterocycles. The monoisotopic (exact) mass is 326 g/mol. The van der Waals surface area contributed by atoms with Gasteiger partial charge in [0.1, 0.15) is 0 Å². The van der Waals surface area contributed by atoms with Gasteiger partial charge < -0.3 is 10.2 Å². The zero-order valence-electron chi connectivity index (χ0n) is 13.6. The van der Waals surface area contributed by atoms with Crippen LogP contribution >= 0.6 is 12.4 Å². The minimum Gasteiger partial charge on any atom is -0.343 e. The zero-order valence-corrected chi connectivity index (χ0v) is 14.5. The van der Waals surface area contributed by atoms with Gasteiger partial charge in [-0.25, -0.2) is 0 Å². The largest absolute Gasteiger partial charge is 0.343 e. The maximum atomic E-state index is 12.5.